The highest BCUT2D eigenvalue weighted by Crippen LogP contribution is 2.35. The third-order valence-corrected chi connectivity index (χ3v) is 12.1. The molecule has 302 valence electrons. The maximum absolute atomic E-state index is 14.2. The third kappa shape index (κ3) is 8.74. The lowest BCUT2D eigenvalue weighted by Gasteiger charge is -2.40. The van der Waals surface area contributed by atoms with Crippen molar-refractivity contribution in [1.29, 1.82) is 0 Å². The molecule has 0 saturated carbocycles. The second-order valence-corrected chi connectivity index (χ2v) is 17.3. The van der Waals surface area contributed by atoms with Gasteiger partial charge in [-0.15, -0.1) is 21.5 Å². The van der Waals surface area contributed by atoms with Crippen molar-refractivity contribution in [3.05, 3.63) is 101 Å². The van der Waals surface area contributed by atoms with Gasteiger partial charge in [-0.05, 0) is 59.7 Å². The van der Waals surface area contributed by atoms with Gasteiger partial charge in [-0.25, -0.2) is 4.98 Å². The van der Waals surface area contributed by atoms with Crippen molar-refractivity contribution in [2.24, 2.45) is 5.41 Å². The second-order valence-electron chi connectivity index (χ2n) is 16.4. The zero-order valence-corrected chi connectivity index (χ0v) is 34.2. The molecule has 0 spiro atoms. The quantitative estimate of drug-likeness (QED) is 0.117. The molecule has 0 bridgehead atoms. The Morgan fingerprint density at radius 3 is 2.28 bits per heavy atom. The van der Waals surface area contributed by atoms with Crippen LogP contribution in [0.15, 0.2) is 84.4 Å². The Kier molecular flexibility index (Phi) is 11.6. The summed E-state index contributed by atoms with van der Waals surface area (Å²) < 4.78 is 0. The average molecular weight is 803 g/mol. The van der Waals surface area contributed by atoms with Gasteiger partial charge >= 0.3 is 0 Å². The third-order valence-electron chi connectivity index (χ3n) is 11.1. The molecule has 2 aliphatic heterocycles. The summed E-state index contributed by atoms with van der Waals surface area (Å²) in [5.74, 6) is -0.410. The minimum absolute atomic E-state index is 0.00525. The summed E-state index contributed by atoms with van der Waals surface area (Å²) in [4.78, 5) is 50.2. The first-order valence-electron chi connectivity index (χ1n) is 19.5. The molecule has 0 aliphatic carbocycles. The molecule has 0 unspecified atom stereocenters. The average Bonchev–Trinajstić information content (AvgIpc) is 3.80. The molecule has 7 rings (SSSR count). The second kappa shape index (κ2) is 16.6. The van der Waals surface area contributed by atoms with Crippen molar-refractivity contribution in [3.63, 3.8) is 0 Å². The van der Waals surface area contributed by atoms with Crippen LogP contribution >= 0.6 is 11.3 Å². The first-order valence-corrected chi connectivity index (χ1v) is 20.4. The maximum Gasteiger partial charge on any atom is 0.246 e. The predicted octanol–water partition coefficient (Wildman–Crippen LogP) is 5.30. The van der Waals surface area contributed by atoms with E-state index in [1.54, 1.807) is 29.5 Å². The fourth-order valence-corrected chi connectivity index (χ4v) is 8.54. The van der Waals surface area contributed by atoms with Gasteiger partial charge in [0.2, 0.25) is 17.7 Å². The highest BCUT2D eigenvalue weighted by atomic mass is 32.1. The standard InChI is InChI=1S/C44H50N8O5S/c1-25(27-10-16-30(17-11-27)39-26(2)46-24-58-39)47-42(56)36-18-32(53)22-52(36)43(57)40(44(3,4)5)48-38(55)23-51-20-31(21-51)28-12-14-29(15-13-28)34-19-35(49-50-41(34)45)33-8-6-7-9-37(33)54/h6-17,19,24-25,31-32,36,40,53-54H,18,20-23H2,1-5H3,(H2,45,50)(H,47,56)(H,48,55)/t25-,32+,36-,40+/m0/s1. The molecule has 2 saturated heterocycles. The number of nitrogens with one attached hydrogen (secondary N) is 2. The number of aromatic nitrogens is 3. The molecule has 6 N–H and O–H groups in total. The zero-order valence-electron chi connectivity index (χ0n) is 33.3. The van der Waals surface area contributed by atoms with Crippen LogP contribution in [0.5, 0.6) is 5.75 Å². The number of β-amino-alcohol motifs (C(OH)–C–C–N with tert-alkyl or cyclic N) is 1. The summed E-state index contributed by atoms with van der Waals surface area (Å²) >= 11 is 1.58. The van der Waals surface area contributed by atoms with Crippen LogP contribution in [-0.2, 0) is 14.4 Å². The first kappa shape index (κ1) is 40.5. The normalized spacial score (nSPS) is 18.3. The van der Waals surface area contributed by atoms with Crippen molar-refractivity contribution < 1.29 is 24.6 Å². The minimum Gasteiger partial charge on any atom is -0.507 e. The van der Waals surface area contributed by atoms with Gasteiger partial charge < -0.3 is 31.5 Å². The zero-order chi connectivity index (χ0) is 41.3. The van der Waals surface area contributed by atoms with Crippen LogP contribution in [0, 0.1) is 12.3 Å². The highest BCUT2D eigenvalue weighted by molar-refractivity contribution is 7.13. The van der Waals surface area contributed by atoms with Crippen molar-refractivity contribution in [1.82, 2.24) is 35.6 Å². The van der Waals surface area contributed by atoms with Crippen molar-refractivity contribution in [2.75, 3.05) is 31.9 Å². The Balaban J connectivity index is 0.938. The number of thiazole rings is 1. The number of amides is 3. The van der Waals surface area contributed by atoms with Crippen LogP contribution < -0.4 is 16.4 Å². The molecular formula is C44H50N8O5S. The summed E-state index contributed by atoms with van der Waals surface area (Å²) in [7, 11) is 0. The van der Waals surface area contributed by atoms with E-state index in [9.17, 15) is 24.6 Å². The van der Waals surface area contributed by atoms with Gasteiger partial charge in [0.1, 0.15) is 17.8 Å². The molecule has 13 nitrogen and oxygen atoms in total. The molecule has 0 radical (unpaired) electrons. The molecule has 14 heteroatoms. The van der Waals surface area contributed by atoms with E-state index in [-0.39, 0.29) is 54.9 Å². The van der Waals surface area contributed by atoms with Gasteiger partial charge in [-0.2, -0.15) is 0 Å². The number of para-hydroxylation sites is 1. The van der Waals surface area contributed by atoms with Crippen molar-refractivity contribution >= 4 is 34.9 Å². The number of nitrogen functional groups attached to an aromatic ring is 1. The summed E-state index contributed by atoms with van der Waals surface area (Å²) in [5, 5.41) is 35.3. The fraction of sp³-hybridized carbons (Fsp3) is 0.364. The van der Waals surface area contributed by atoms with Crippen molar-refractivity contribution in [3.8, 4) is 38.6 Å². The molecule has 58 heavy (non-hydrogen) atoms. The van der Waals surface area contributed by atoms with E-state index in [1.807, 2.05) is 106 Å². The molecule has 4 atom stereocenters. The minimum atomic E-state index is -0.910. The number of carbonyl (C=O) groups is 3. The number of anilines is 1. The lowest BCUT2D eigenvalue weighted by Crippen LogP contribution is -2.59. The SMILES string of the molecule is Cc1ncsc1-c1ccc([C@H](C)NC(=O)[C@@H]2C[C@@H](O)CN2C(=O)[C@@H](NC(=O)CN2CC(c3ccc(-c4cc(-c5ccccc5O)nnc4N)cc3)C2)C(C)(C)C)cc1. The van der Waals surface area contributed by atoms with Gasteiger partial charge in [0.05, 0.1) is 40.5 Å². The number of rotatable bonds is 11. The number of phenols is 1. The predicted molar refractivity (Wildman–Crippen MR) is 225 cm³/mol. The first-order chi connectivity index (χ1) is 27.7. The van der Waals surface area contributed by atoms with E-state index in [0.717, 1.165) is 32.8 Å². The number of aliphatic hydroxyl groups is 1. The van der Waals surface area contributed by atoms with Crippen LogP contribution in [0.25, 0.3) is 32.8 Å². The van der Waals surface area contributed by atoms with E-state index in [2.05, 4.69) is 25.8 Å². The number of hydrogen-bond donors (Lipinski definition) is 5. The molecule has 3 aromatic carbocycles. The number of likely N-dealkylation sites (tertiary alicyclic amines) is 2. The molecular weight excluding hydrogens is 753 g/mol. The van der Waals surface area contributed by atoms with Crippen LogP contribution in [0.2, 0.25) is 0 Å². The van der Waals surface area contributed by atoms with E-state index in [0.29, 0.717) is 29.9 Å². The van der Waals surface area contributed by atoms with Gasteiger partial charge in [-0.3, -0.25) is 19.3 Å². The Morgan fingerprint density at radius 1 is 0.931 bits per heavy atom. The van der Waals surface area contributed by atoms with Crippen LogP contribution in [0.4, 0.5) is 5.82 Å². The Bertz CT molecular complexity index is 2280. The van der Waals surface area contributed by atoms with E-state index >= 15 is 0 Å². The lowest BCUT2D eigenvalue weighted by molar-refractivity contribution is -0.144. The summed E-state index contributed by atoms with van der Waals surface area (Å²) in [6.45, 7) is 11.0. The smallest absolute Gasteiger partial charge is 0.246 e. The number of nitrogens with two attached hydrogens (primary N) is 1. The summed E-state index contributed by atoms with van der Waals surface area (Å²) in [6, 6.07) is 22.7. The highest BCUT2D eigenvalue weighted by Gasteiger charge is 2.45. The number of benzene rings is 3. The molecule has 3 amide bonds. The fourth-order valence-electron chi connectivity index (χ4n) is 7.72. The maximum atomic E-state index is 14.2. The Labute approximate surface area is 342 Å². The molecule has 4 heterocycles. The molecule has 2 aromatic heterocycles. The number of nitrogens with zero attached hydrogens (tertiary/aromatic N) is 5. The van der Waals surface area contributed by atoms with Crippen molar-refractivity contribution in [2.45, 2.75) is 71.2 Å². The topological polar surface area (TPSA) is 187 Å². The van der Waals surface area contributed by atoms with Gasteiger partial charge in [0, 0.05) is 43.1 Å². The van der Waals surface area contributed by atoms with Crippen LogP contribution in [-0.4, -0.2) is 97.3 Å². The number of aryl methyl sites for hydroxylation is 1. The van der Waals surface area contributed by atoms with Crippen LogP contribution in [0.3, 0.4) is 0 Å². The van der Waals surface area contributed by atoms with Gasteiger partial charge in [0.25, 0.3) is 0 Å². The Hall–Kier alpha value is -5.70. The number of phenolic OH excluding ortho intramolecular Hbond substituents is 1. The molecule has 5 aromatic rings. The van der Waals surface area contributed by atoms with Crippen LogP contribution in [0.1, 0.15) is 62.9 Å². The van der Waals surface area contributed by atoms with Gasteiger partial charge in [0.15, 0.2) is 5.82 Å². The summed E-state index contributed by atoms with van der Waals surface area (Å²) in [6.07, 6.45) is -0.749. The number of hydrogen-bond acceptors (Lipinski definition) is 11. The number of carbonyl (C=O) groups excluding carboxylic acids is 3. The number of aliphatic hydroxyl groups excluding tert-OH is 1. The van der Waals surface area contributed by atoms with E-state index < -0.39 is 29.5 Å². The number of aromatic hydroxyl groups is 1. The Morgan fingerprint density at radius 2 is 1.62 bits per heavy atom. The monoisotopic (exact) mass is 802 g/mol. The van der Waals surface area contributed by atoms with E-state index in [1.165, 1.54) is 4.90 Å². The molecule has 2 fully saturated rings. The summed E-state index contributed by atoms with van der Waals surface area (Å²) in [5.41, 5.74) is 14.1. The molecule has 2 aliphatic rings. The van der Waals surface area contributed by atoms with Gasteiger partial charge in [-0.1, -0.05) is 81.4 Å². The van der Waals surface area contributed by atoms with E-state index in [4.69, 9.17) is 5.73 Å². The largest absolute Gasteiger partial charge is 0.507 e. The lowest BCUT2D eigenvalue weighted by atomic mass is 9.85.